The molecule has 0 aliphatic carbocycles. The highest BCUT2D eigenvalue weighted by molar-refractivity contribution is 6.00. The summed E-state index contributed by atoms with van der Waals surface area (Å²) in [5.41, 5.74) is 10.1. The molecule has 0 aliphatic rings. The first-order valence-corrected chi connectivity index (χ1v) is 3.10. The Morgan fingerprint density at radius 2 is 2.08 bits per heavy atom. The molecule has 1 amide bonds. The Hall–Kier alpha value is -1.69. The Bertz CT molecular complexity index is 308. The molecule has 13 heavy (non-hydrogen) atoms. The molecule has 70 valence electrons. The van der Waals surface area contributed by atoms with E-state index in [-0.39, 0.29) is 24.1 Å². The van der Waals surface area contributed by atoms with Crippen LogP contribution in [0.25, 0.3) is 0 Å². The average molecular weight is 202 g/mol. The lowest BCUT2D eigenvalue weighted by atomic mass is 10.4. The predicted octanol–water partition coefficient (Wildman–Crippen LogP) is -0.688. The zero-order valence-electron chi connectivity index (χ0n) is 6.54. The van der Waals surface area contributed by atoms with Crippen LogP contribution in [-0.4, -0.2) is 21.8 Å². The number of rotatable bonds is 1. The van der Waals surface area contributed by atoms with Gasteiger partial charge in [0.05, 0.1) is 6.20 Å². The van der Waals surface area contributed by atoms with Crippen molar-refractivity contribution < 1.29 is 4.79 Å². The number of hydrogen-bond acceptors (Lipinski definition) is 3. The van der Waals surface area contributed by atoms with Gasteiger partial charge in [-0.2, -0.15) is 4.99 Å². The van der Waals surface area contributed by atoms with Gasteiger partial charge < -0.3 is 11.5 Å². The van der Waals surface area contributed by atoms with Gasteiger partial charge in [-0.15, -0.1) is 12.4 Å². The molecule has 0 aromatic carbocycles. The van der Waals surface area contributed by atoms with Gasteiger partial charge in [0.2, 0.25) is 0 Å². The number of amides is 1. The minimum Gasteiger partial charge on any atom is -0.370 e. The molecule has 0 saturated carbocycles. The lowest BCUT2D eigenvalue weighted by Crippen LogP contribution is -2.24. The van der Waals surface area contributed by atoms with E-state index in [1.807, 2.05) is 0 Å². The molecule has 0 saturated heterocycles. The average Bonchev–Trinajstić information content (AvgIpc) is 2.05. The van der Waals surface area contributed by atoms with Gasteiger partial charge in [-0.05, 0) is 0 Å². The SMILES string of the molecule is Cl.NC(N)=NC(=O)c1cnccn1. The zero-order valence-corrected chi connectivity index (χ0v) is 7.36. The Morgan fingerprint density at radius 1 is 1.38 bits per heavy atom. The second-order valence-corrected chi connectivity index (χ2v) is 1.93. The first-order valence-electron chi connectivity index (χ1n) is 3.10. The number of halogens is 1. The number of carbonyl (C=O) groups excluding carboxylic acids is 1. The zero-order chi connectivity index (χ0) is 8.97. The van der Waals surface area contributed by atoms with Gasteiger partial charge in [-0.3, -0.25) is 9.78 Å². The van der Waals surface area contributed by atoms with Crippen molar-refractivity contribution in [3.63, 3.8) is 0 Å². The van der Waals surface area contributed by atoms with Crippen molar-refractivity contribution in [2.24, 2.45) is 16.5 Å². The maximum Gasteiger partial charge on any atom is 0.300 e. The Balaban J connectivity index is 0.00000144. The van der Waals surface area contributed by atoms with Crippen LogP contribution in [0.2, 0.25) is 0 Å². The minimum atomic E-state index is -0.594. The second kappa shape index (κ2) is 5.04. The summed E-state index contributed by atoms with van der Waals surface area (Å²) in [6.45, 7) is 0. The summed E-state index contributed by atoms with van der Waals surface area (Å²) < 4.78 is 0. The maximum absolute atomic E-state index is 11.0. The molecule has 0 bridgehead atoms. The van der Waals surface area contributed by atoms with E-state index < -0.39 is 5.91 Å². The van der Waals surface area contributed by atoms with E-state index in [4.69, 9.17) is 11.5 Å². The molecule has 7 heteroatoms. The van der Waals surface area contributed by atoms with Gasteiger partial charge in [0.25, 0.3) is 5.91 Å². The van der Waals surface area contributed by atoms with Crippen molar-refractivity contribution in [3.05, 3.63) is 24.3 Å². The van der Waals surface area contributed by atoms with Crippen molar-refractivity contribution in [1.82, 2.24) is 9.97 Å². The van der Waals surface area contributed by atoms with E-state index >= 15 is 0 Å². The van der Waals surface area contributed by atoms with Gasteiger partial charge in [-0.25, -0.2) is 4.98 Å². The summed E-state index contributed by atoms with van der Waals surface area (Å²) in [5, 5.41) is 0. The van der Waals surface area contributed by atoms with Crippen molar-refractivity contribution in [3.8, 4) is 0 Å². The smallest absolute Gasteiger partial charge is 0.300 e. The number of hydrogen-bond donors (Lipinski definition) is 2. The number of carbonyl (C=O) groups is 1. The van der Waals surface area contributed by atoms with Crippen LogP contribution in [-0.2, 0) is 0 Å². The first kappa shape index (κ1) is 11.3. The van der Waals surface area contributed by atoms with E-state index in [1.165, 1.54) is 18.6 Å². The Kier molecular flexibility index (Phi) is 4.39. The molecular formula is C6H8ClN5O. The van der Waals surface area contributed by atoms with Gasteiger partial charge in [-0.1, -0.05) is 0 Å². The number of aromatic nitrogens is 2. The molecule has 1 aromatic heterocycles. The normalized spacial score (nSPS) is 8.31. The third-order valence-corrected chi connectivity index (χ3v) is 1.01. The summed E-state index contributed by atoms with van der Waals surface area (Å²) in [5.74, 6) is -0.881. The van der Waals surface area contributed by atoms with E-state index in [1.54, 1.807) is 0 Å². The fourth-order valence-corrected chi connectivity index (χ4v) is 0.584. The quantitative estimate of drug-likeness (QED) is 0.462. The standard InChI is InChI=1S/C6H7N5O.ClH/c7-6(8)11-5(12)4-3-9-1-2-10-4;/h1-3H,(H4,7,8,11,12);1H. The minimum absolute atomic E-state index is 0. The monoisotopic (exact) mass is 201 g/mol. The molecule has 1 aromatic rings. The lowest BCUT2D eigenvalue weighted by Gasteiger charge is -1.92. The van der Waals surface area contributed by atoms with Crippen LogP contribution in [0.1, 0.15) is 10.5 Å². The highest BCUT2D eigenvalue weighted by Crippen LogP contribution is 1.92. The van der Waals surface area contributed by atoms with Crippen LogP contribution in [0.3, 0.4) is 0 Å². The molecule has 4 N–H and O–H groups in total. The summed E-state index contributed by atoms with van der Waals surface area (Å²) in [6, 6.07) is 0. The lowest BCUT2D eigenvalue weighted by molar-refractivity contribution is 0.0997. The first-order chi connectivity index (χ1) is 5.70. The van der Waals surface area contributed by atoms with E-state index in [0.717, 1.165) is 0 Å². The van der Waals surface area contributed by atoms with Crippen LogP contribution in [0.4, 0.5) is 0 Å². The summed E-state index contributed by atoms with van der Waals surface area (Å²) in [7, 11) is 0. The number of nitrogens with two attached hydrogens (primary N) is 2. The third-order valence-electron chi connectivity index (χ3n) is 1.01. The number of guanidine groups is 1. The summed E-state index contributed by atoms with van der Waals surface area (Å²) >= 11 is 0. The van der Waals surface area contributed by atoms with Crippen LogP contribution in [0, 0.1) is 0 Å². The van der Waals surface area contributed by atoms with E-state index in [2.05, 4.69) is 15.0 Å². The van der Waals surface area contributed by atoms with Gasteiger partial charge >= 0.3 is 0 Å². The van der Waals surface area contributed by atoms with E-state index in [0.29, 0.717) is 0 Å². The van der Waals surface area contributed by atoms with Crippen molar-refractivity contribution in [1.29, 1.82) is 0 Å². The molecule has 1 rings (SSSR count). The number of nitrogens with zero attached hydrogens (tertiary/aromatic N) is 3. The Labute approximate surface area is 80.5 Å². The van der Waals surface area contributed by atoms with Gasteiger partial charge in [0, 0.05) is 12.4 Å². The molecule has 0 atom stereocenters. The highest BCUT2D eigenvalue weighted by Gasteiger charge is 2.04. The molecule has 0 fully saturated rings. The Morgan fingerprint density at radius 3 is 2.54 bits per heavy atom. The molecular weight excluding hydrogens is 194 g/mol. The highest BCUT2D eigenvalue weighted by atomic mass is 35.5. The summed E-state index contributed by atoms with van der Waals surface area (Å²) in [4.78, 5) is 21.7. The number of aliphatic imine (C=N–C) groups is 1. The van der Waals surface area contributed by atoms with Gasteiger partial charge in [0.15, 0.2) is 5.96 Å². The van der Waals surface area contributed by atoms with Crippen LogP contribution in [0.5, 0.6) is 0 Å². The molecule has 0 spiro atoms. The topological polar surface area (TPSA) is 107 Å². The molecule has 0 aliphatic heterocycles. The fraction of sp³-hybridized carbons (Fsp3) is 0. The van der Waals surface area contributed by atoms with Crippen molar-refractivity contribution in [2.75, 3.05) is 0 Å². The van der Waals surface area contributed by atoms with Crippen LogP contribution in [0.15, 0.2) is 23.6 Å². The van der Waals surface area contributed by atoms with Gasteiger partial charge in [0.1, 0.15) is 5.69 Å². The van der Waals surface area contributed by atoms with Crippen LogP contribution >= 0.6 is 12.4 Å². The van der Waals surface area contributed by atoms with E-state index in [9.17, 15) is 4.79 Å². The molecule has 1 heterocycles. The molecule has 0 unspecified atom stereocenters. The van der Waals surface area contributed by atoms with Crippen molar-refractivity contribution >= 4 is 24.3 Å². The maximum atomic E-state index is 11.0. The fourth-order valence-electron chi connectivity index (χ4n) is 0.584. The van der Waals surface area contributed by atoms with Crippen LogP contribution < -0.4 is 11.5 Å². The third kappa shape index (κ3) is 3.48. The van der Waals surface area contributed by atoms with Crippen molar-refractivity contribution in [2.45, 2.75) is 0 Å². The molecule has 0 radical (unpaired) electrons. The predicted molar refractivity (Wildman–Crippen MR) is 49.4 cm³/mol. The summed E-state index contributed by atoms with van der Waals surface area (Å²) in [6.07, 6.45) is 4.12. The largest absolute Gasteiger partial charge is 0.370 e. The molecule has 6 nitrogen and oxygen atoms in total. The second-order valence-electron chi connectivity index (χ2n) is 1.93.